The Morgan fingerprint density at radius 1 is 0.476 bits per heavy atom. The summed E-state index contributed by atoms with van der Waals surface area (Å²) >= 11 is 25.7. The Labute approximate surface area is 500 Å². The van der Waals surface area contributed by atoms with Gasteiger partial charge in [0.1, 0.15) is 0 Å². The van der Waals surface area contributed by atoms with Crippen LogP contribution in [0.5, 0.6) is 0 Å². The molecule has 0 fully saturated rings. The van der Waals surface area contributed by atoms with Gasteiger partial charge in [-0.1, -0.05) is 70.7 Å². The van der Waals surface area contributed by atoms with E-state index in [1.54, 1.807) is 72.8 Å². The number of anilines is 2. The zero-order chi connectivity index (χ0) is 58.5. The molecule has 82 heavy (non-hydrogen) atoms. The van der Waals surface area contributed by atoms with E-state index in [1.165, 1.54) is 0 Å². The lowest BCUT2D eigenvalue weighted by Gasteiger charge is -2.33. The van der Waals surface area contributed by atoms with Crippen molar-refractivity contribution in [2.75, 3.05) is 143 Å². The first kappa shape index (κ1) is 64.9. The summed E-state index contributed by atoms with van der Waals surface area (Å²) in [6, 6.07) is 26.8. The zero-order valence-corrected chi connectivity index (χ0v) is 50.3. The van der Waals surface area contributed by atoms with E-state index >= 15 is 0 Å². The molecule has 2 atom stereocenters. The van der Waals surface area contributed by atoms with Crippen LogP contribution in [0.25, 0.3) is 0 Å². The fraction of sp³-hybridized carbons (Fsp3) is 0.429. The highest BCUT2D eigenvalue weighted by atomic mass is 35.5. The number of nitrogens with one attached hydrogen (secondary N) is 6. The van der Waals surface area contributed by atoms with Gasteiger partial charge >= 0.3 is 12.1 Å². The Hall–Kier alpha value is -4.70. The number of ether oxygens (including phenoxy) is 6. The normalized spacial score (nSPS) is 15.6. The number of urea groups is 2. The second kappa shape index (κ2) is 32.5. The molecule has 0 spiro atoms. The summed E-state index contributed by atoms with van der Waals surface area (Å²) in [5.41, 5.74) is 6.71. The van der Waals surface area contributed by atoms with Gasteiger partial charge in [0.2, 0.25) is 20.0 Å². The third-order valence-electron chi connectivity index (χ3n) is 13.2. The molecule has 6 N–H and O–H groups in total. The number of benzene rings is 5. The molecule has 0 saturated heterocycles. The van der Waals surface area contributed by atoms with Crippen molar-refractivity contribution in [3.63, 3.8) is 0 Å². The molecule has 446 valence electrons. The SMILES string of the molecule is CN1Cc2c(Cl)cc(Cl)cc2C(c2cccc(S(=O)(=O)NCCOCCOCCOCCNC(=O)Nc3ccc(NC(=O)NCCOCCOCCOCCNS(=O)(=O)c4cccc(C5CN(C)Cc6c(Cl)cc(Cl)cc65)c4)cc3)c2)C1. The standard InChI is InChI=1S/C56H70Cl4N8O12S2/c1-67-35-49(47-31-41(57)33-53(59)51(47)37-67)39-5-3-7-45(29-39)81(71,72)63-15-19-77-23-27-79-25-21-75-17-13-61-55(69)65-43-9-11-44(12-10-43)66-56(70)62-14-18-76-22-26-80-28-24-78-20-16-64-82(73,74)46-8-4-6-40(30-46)50-36-68(2)38-52-48(50)32-42(58)34-54(52)60/h3-12,29-34,49-50,63-64H,13-28,35-38H2,1-2H3,(H2,61,65,69)(H2,62,66,70). The Morgan fingerprint density at radius 3 is 1.18 bits per heavy atom. The summed E-state index contributed by atoms with van der Waals surface area (Å²) < 4.78 is 91.0. The van der Waals surface area contributed by atoms with Crippen LogP contribution in [0.15, 0.2) is 107 Å². The Morgan fingerprint density at radius 2 is 0.817 bits per heavy atom. The van der Waals surface area contributed by atoms with Crippen molar-refractivity contribution >= 4 is 89.9 Å². The number of hydrogen-bond donors (Lipinski definition) is 6. The van der Waals surface area contributed by atoms with Crippen LogP contribution < -0.4 is 30.7 Å². The summed E-state index contributed by atoms with van der Waals surface area (Å²) in [6.07, 6.45) is 0. The number of amides is 4. The van der Waals surface area contributed by atoms with Crippen LogP contribution >= 0.6 is 46.4 Å². The molecule has 20 nitrogen and oxygen atoms in total. The Bertz CT molecular complexity index is 2930. The first-order valence-corrected chi connectivity index (χ1v) is 31.1. The van der Waals surface area contributed by atoms with Crippen LogP contribution in [0.2, 0.25) is 20.1 Å². The summed E-state index contributed by atoms with van der Waals surface area (Å²) in [6.45, 7) is 6.59. The van der Waals surface area contributed by atoms with Gasteiger partial charge in [0, 0.05) is 95.7 Å². The van der Waals surface area contributed by atoms with E-state index in [2.05, 4.69) is 40.5 Å². The number of hydrogen-bond acceptors (Lipinski definition) is 14. The molecule has 0 aliphatic carbocycles. The van der Waals surface area contributed by atoms with E-state index in [4.69, 9.17) is 74.8 Å². The van der Waals surface area contributed by atoms with Crippen LogP contribution in [0.4, 0.5) is 21.0 Å². The predicted octanol–water partition coefficient (Wildman–Crippen LogP) is 7.75. The molecule has 0 saturated carbocycles. The number of sulfonamides is 2. The predicted molar refractivity (Wildman–Crippen MR) is 318 cm³/mol. The van der Waals surface area contributed by atoms with Crippen LogP contribution in [0.1, 0.15) is 45.2 Å². The number of likely N-dealkylation sites (N-methyl/N-ethyl adjacent to an activating group) is 2. The van der Waals surface area contributed by atoms with Gasteiger partial charge in [0.15, 0.2) is 0 Å². The highest BCUT2D eigenvalue weighted by Gasteiger charge is 2.30. The van der Waals surface area contributed by atoms with Crippen LogP contribution in [0, 0.1) is 0 Å². The minimum absolute atomic E-state index is 0.0848. The Kier molecular flexibility index (Phi) is 25.7. The molecule has 0 radical (unpaired) electrons. The van der Waals surface area contributed by atoms with E-state index in [0.717, 1.165) is 33.4 Å². The molecular weight excluding hydrogens is 1180 g/mol. The monoisotopic (exact) mass is 1250 g/mol. The lowest BCUT2D eigenvalue weighted by Crippen LogP contribution is -2.32. The number of nitrogens with zero attached hydrogens (tertiary/aromatic N) is 2. The highest BCUT2D eigenvalue weighted by molar-refractivity contribution is 7.89. The zero-order valence-electron chi connectivity index (χ0n) is 45.7. The van der Waals surface area contributed by atoms with Crippen LogP contribution in [-0.2, 0) is 61.6 Å². The molecule has 2 aliphatic heterocycles. The minimum Gasteiger partial charge on any atom is -0.378 e. The second-order valence-electron chi connectivity index (χ2n) is 19.4. The van der Waals surface area contributed by atoms with Crippen molar-refractivity contribution in [1.82, 2.24) is 29.9 Å². The quantitative estimate of drug-likeness (QED) is 0.0226. The molecule has 5 aromatic rings. The molecular formula is C56H70Cl4N8O12S2. The van der Waals surface area contributed by atoms with Crippen LogP contribution in [0.3, 0.4) is 0 Å². The number of fused-ring (bicyclic) bond motifs is 2. The van der Waals surface area contributed by atoms with Gasteiger partial charge in [-0.15, -0.1) is 0 Å². The summed E-state index contributed by atoms with van der Waals surface area (Å²) in [4.78, 5) is 29.4. The van der Waals surface area contributed by atoms with Gasteiger partial charge in [-0.25, -0.2) is 35.9 Å². The summed E-state index contributed by atoms with van der Waals surface area (Å²) in [7, 11) is -3.58. The fourth-order valence-electron chi connectivity index (χ4n) is 9.27. The number of halogens is 4. The number of carbonyl (C=O) groups excluding carboxylic acids is 2. The van der Waals surface area contributed by atoms with E-state index in [0.29, 0.717) is 97.3 Å². The fourth-order valence-corrected chi connectivity index (χ4v) is 12.5. The van der Waals surface area contributed by atoms with Gasteiger partial charge in [-0.05, 0) is 120 Å². The molecule has 0 aromatic heterocycles. The molecule has 0 bridgehead atoms. The molecule has 2 unspecified atom stereocenters. The third-order valence-corrected chi connectivity index (χ3v) is 17.2. The van der Waals surface area contributed by atoms with E-state index in [-0.39, 0.29) is 87.4 Å². The van der Waals surface area contributed by atoms with Gasteiger partial charge in [0.25, 0.3) is 0 Å². The van der Waals surface area contributed by atoms with Gasteiger partial charge in [-0.3, -0.25) is 0 Å². The van der Waals surface area contributed by atoms with Gasteiger partial charge in [-0.2, -0.15) is 0 Å². The van der Waals surface area contributed by atoms with Gasteiger partial charge < -0.3 is 59.5 Å². The summed E-state index contributed by atoms with van der Waals surface area (Å²) in [5.74, 6) is -0.190. The highest BCUT2D eigenvalue weighted by Crippen LogP contribution is 2.40. The average molecular weight is 1250 g/mol. The second-order valence-corrected chi connectivity index (χ2v) is 24.6. The van der Waals surface area contributed by atoms with Gasteiger partial charge in [0.05, 0.1) is 89.1 Å². The Balaban J connectivity index is 0.638. The topological polar surface area (TPSA) is 236 Å². The van der Waals surface area contributed by atoms with Crippen molar-refractivity contribution in [1.29, 1.82) is 0 Å². The molecule has 2 heterocycles. The maximum absolute atomic E-state index is 13.2. The molecule has 5 aromatic carbocycles. The van der Waals surface area contributed by atoms with Crippen molar-refractivity contribution in [3.8, 4) is 0 Å². The van der Waals surface area contributed by atoms with Crippen molar-refractivity contribution in [2.24, 2.45) is 0 Å². The number of carbonyl (C=O) groups is 2. The lowest BCUT2D eigenvalue weighted by molar-refractivity contribution is 0.0165. The van der Waals surface area contributed by atoms with E-state index in [1.807, 2.05) is 38.4 Å². The smallest absolute Gasteiger partial charge is 0.319 e. The lowest BCUT2D eigenvalue weighted by atomic mass is 9.85. The molecule has 2 aliphatic rings. The minimum atomic E-state index is -3.79. The molecule has 4 amide bonds. The largest absolute Gasteiger partial charge is 0.378 e. The number of rotatable bonds is 32. The maximum atomic E-state index is 13.2. The molecule has 26 heteroatoms. The van der Waals surface area contributed by atoms with E-state index in [9.17, 15) is 26.4 Å². The first-order chi connectivity index (χ1) is 39.5. The average Bonchev–Trinajstić information content (AvgIpc) is 3.58. The molecule has 7 rings (SSSR count). The third kappa shape index (κ3) is 20.2. The summed E-state index contributed by atoms with van der Waals surface area (Å²) in [5, 5.41) is 13.1. The van der Waals surface area contributed by atoms with Crippen molar-refractivity contribution in [3.05, 3.63) is 151 Å². The maximum Gasteiger partial charge on any atom is 0.319 e. The van der Waals surface area contributed by atoms with E-state index < -0.39 is 32.1 Å². The van der Waals surface area contributed by atoms with Crippen LogP contribution in [-0.4, -0.2) is 171 Å². The van der Waals surface area contributed by atoms with Crippen molar-refractivity contribution < 1.29 is 54.8 Å². The first-order valence-electron chi connectivity index (χ1n) is 26.6. The van der Waals surface area contributed by atoms with Crippen molar-refractivity contribution in [2.45, 2.75) is 34.7 Å².